The van der Waals surface area contributed by atoms with Gasteiger partial charge in [0.25, 0.3) is 15.9 Å². The molecular weight excluding hydrogens is 532 g/mol. The van der Waals surface area contributed by atoms with Crippen LogP contribution >= 0.6 is 0 Å². The molecule has 40 heavy (non-hydrogen) atoms. The number of anilines is 1. The Morgan fingerprint density at radius 3 is 2.38 bits per heavy atom. The summed E-state index contributed by atoms with van der Waals surface area (Å²) in [5, 5.41) is 14.8. The second-order valence-corrected chi connectivity index (χ2v) is 11.7. The predicted octanol–water partition coefficient (Wildman–Crippen LogP) is 2.79. The zero-order valence-corrected chi connectivity index (χ0v) is 23.4. The maximum absolute atomic E-state index is 13.0. The number of nitrogens with zero attached hydrogens (tertiary/aromatic N) is 5. The second kappa shape index (κ2) is 10.4. The minimum absolute atomic E-state index is 0.0304. The van der Waals surface area contributed by atoms with Crippen molar-refractivity contribution in [2.24, 2.45) is 7.05 Å². The molecule has 0 saturated carbocycles. The van der Waals surface area contributed by atoms with Crippen LogP contribution in [0.3, 0.4) is 0 Å². The first kappa shape index (κ1) is 27.3. The van der Waals surface area contributed by atoms with E-state index in [1.54, 1.807) is 37.4 Å². The van der Waals surface area contributed by atoms with Crippen LogP contribution in [0.15, 0.2) is 71.9 Å². The number of hydrogen-bond acceptors (Lipinski definition) is 8. The minimum atomic E-state index is -4.01. The lowest BCUT2D eigenvalue weighted by Crippen LogP contribution is -2.60. The Kier molecular flexibility index (Phi) is 7.06. The van der Waals surface area contributed by atoms with Crippen LogP contribution in [0.25, 0.3) is 11.3 Å². The van der Waals surface area contributed by atoms with Crippen LogP contribution in [0.1, 0.15) is 23.6 Å². The van der Waals surface area contributed by atoms with Gasteiger partial charge < -0.3 is 14.7 Å². The summed E-state index contributed by atoms with van der Waals surface area (Å²) in [6.45, 7) is 5.83. The third-order valence-corrected chi connectivity index (χ3v) is 8.11. The number of amides is 1. The molecular formula is C28H30N6O5S. The van der Waals surface area contributed by atoms with Crippen molar-refractivity contribution in [1.82, 2.24) is 24.6 Å². The molecule has 208 valence electrons. The van der Waals surface area contributed by atoms with Gasteiger partial charge in [0, 0.05) is 24.9 Å². The fourth-order valence-corrected chi connectivity index (χ4v) is 5.56. The number of rotatable bonds is 8. The van der Waals surface area contributed by atoms with Gasteiger partial charge in [0.15, 0.2) is 5.60 Å². The number of benzene rings is 2. The van der Waals surface area contributed by atoms with E-state index in [0.717, 1.165) is 16.7 Å². The number of aryl methyl sites for hydroxylation is 3. The Hall–Kier alpha value is -4.29. The Morgan fingerprint density at radius 2 is 1.75 bits per heavy atom. The minimum Gasteiger partial charge on any atom is -0.470 e. The molecule has 2 N–H and O–H groups in total. The van der Waals surface area contributed by atoms with E-state index in [1.165, 1.54) is 28.9 Å². The van der Waals surface area contributed by atoms with Crippen molar-refractivity contribution in [3.05, 3.63) is 83.7 Å². The fraction of sp³-hybridized carbons (Fsp3) is 0.286. The van der Waals surface area contributed by atoms with Crippen LogP contribution in [-0.2, 0) is 27.5 Å². The van der Waals surface area contributed by atoms with Crippen LogP contribution in [0.4, 0.5) is 5.95 Å². The van der Waals surface area contributed by atoms with Crippen molar-refractivity contribution in [3.63, 3.8) is 0 Å². The highest BCUT2D eigenvalue weighted by atomic mass is 32.2. The molecule has 5 rings (SSSR count). The number of hydrogen-bond donors (Lipinski definition) is 2. The van der Waals surface area contributed by atoms with E-state index < -0.39 is 27.6 Å². The van der Waals surface area contributed by atoms with Crippen molar-refractivity contribution in [2.45, 2.75) is 37.4 Å². The molecule has 12 heteroatoms. The molecule has 1 saturated heterocycles. The monoisotopic (exact) mass is 562 g/mol. The normalized spacial score (nSPS) is 15.3. The molecule has 2 aromatic heterocycles. The third kappa shape index (κ3) is 5.40. The Labute approximate surface area is 232 Å². The summed E-state index contributed by atoms with van der Waals surface area (Å²) in [5.74, 6) is -0.427. The van der Waals surface area contributed by atoms with Gasteiger partial charge >= 0.3 is 0 Å². The summed E-state index contributed by atoms with van der Waals surface area (Å²) in [4.78, 5) is 23.3. The standard InChI is InChI=1S/C28H30N6O5S/c1-18-9-8-10-19(2)25(18)23-13-24(31-27(30-23)32-40(37,38)22-14-29-33(4)17-22)39-21-15-34(16-21)26(35)28(3,36)20-11-6-5-7-12-20/h5-14,17,21,36H,15-16H2,1-4H3,(H,30,31,32). The highest BCUT2D eigenvalue weighted by Gasteiger charge is 2.42. The lowest BCUT2D eigenvalue weighted by Gasteiger charge is -2.42. The van der Waals surface area contributed by atoms with E-state index in [1.807, 2.05) is 38.1 Å². The average molecular weight is 563 g/mol. The number of aliphatic hydroxyl groups is 1. The highest BCUT2D eigenvalue weighted by molar-refractivity contribution is 7.92. The van der Waals surface area contributed by atoms with Crippen LogP contribution in [0.2, 0.25) is 0 Å². The van der Waals surface area contributed by atoms with Gasteiger partial charge in [0.05, 0.1) is 25.0 Å². The van der Waals surface area contributed by atoms with Crippen molar-refractivity contribution >= 4 is 21.9 Å². The SMILES string of the molecule is Cc1cccc(C)c1-c1cc(OC2CN(C(=O)C(C)(O)c3ccccc3)C2)nc(NS(=O)(=O)c2cnn(C)c2)n1. The molecule has 3 heterocycles. The van der Waals surface area contributed by atoms with Gasteiger partial charge in [0.1, 0.15) is 11.0 Å². The molecule has 11 nitrogen and oxygen atoms in total. The van der Waals surface area contributed by atoms with E-state index in [-0.39, 0.29) is 29.8 Å². The van der Waals surface area contributed by atoms with E-state index in [9.17, 15) is 18.3 Å². The van der Waals surface area contributed by atoms with Gasteiger partial charge in [-0.25, -0.2) is 18.1 Å². The lowest BCUT2D eigenvalue weighted by molar-refractivity contribution is -0.159. The van der Waals surface area contributed by atoms with Crippen molar-refractivity contribution in [3.8, 4) is 17.1 Å². The Morgan fingerprint density at radius 1 is 1.07 bits per heavy atom. The molecule has 0 radical (unpaired) electrons. The van der Waals surface area contributed by atoms with Crippen molar-refractivity contribution in [2.75, 3.05) is 17.8 Å². The molecule has 1 amide bonds. The van der Waals surface area contributed by atoms with Crippen LogP contribution in [0, 0.1) is 13.8 Å². The second-order valence-electron chi connectivity index (χ2n) is 10.0. The molecule has 2 aromatic carbocycles. The maximum Gasteiger partial charge on any atom is 0.267 e. The maximum atomic E-state index is 13.0. The first-order valence-corrected chi connectivity index (χ1v) is 14.1. The van der Waals surface area contributed by atoms with Gasteiger partial charge in [-0.2, -0.15) is 10.1 Å². The van der Waals surface area contributed by atoms with E-state index >= 15 is 0 Å². The molecule has 1 aliphatic heterocycles. The number of sulfonamides is 1. The fourth-order valence-electron chi connectivity index (χ4n) is 4.64. The molecule has 1 unspecified atom stereocenters. The highest BCUT2D eigenvalue weighted by Crippen LogP contribution is 2.31. The summed E-state index contributed by atoms with van der Waals surface area (Å²) in [6.07, 6.45) is 2.21. The molecule has 0 aliphatic carbocycles. The lowest BCUT2D eigenvalue weighted by atomic mass is 9.93. The number of carbonyl (C=O) groups excluding carboxylic acids is 1. The third-order valence-electron chi connectivity index (χ3n) is 6.83. The summed E-state index contributed by atoms with van der Waals surface area (Å²) in [6, 6.07) is 16.2. The Balaban J connectivity index is 1.39. The average Bonchev–Trinajstić information content (AvgIpc) is 3.33. The number of aromatic nitrogens is 4. The first-order chi connectivity index (χ1) is 18.9. The van der Waals surface area contributed by atoms with Gasteiger partial charge in [-0.05, 0) is 37.5 Å². The van der Waals surface area contributed by atoms with E-state index in [4.69, 9.17) is 4.74 Å². The number of ether oxygens (including phenoxy) is 1. The molecule has 1 atom stereocenters. The predicted molar refractivity (Wildman–Crippen MR) is 148 cm³/mol. The van der Waals surface area contributed by atoms with Gasteiger partial charge in [-0.1, -0.05) is 48.5 Å². The van der Waals surface area contributed by atoms with Crippen LogP contribution in [0.5, 0.6) is 5.88 Å². The quantitative estimate of drug-likeness (QED) is 0.334. The topological polar surface area (TPSA) is 140 Å². The summed E-state index contributed by atoms with van der Waals surface area (Å²) in [7, 11) is -2.39. The van der Waals surface area contributed by atoms with E-state index in [0.29, 0.717) is 11.3 Å². The number of likely N-dealkylation sites (tertiary alicyclic amines) is 1. The van der Waals surface area contributed by atoms with Crippen LogP contribution in [-0.4, -0.2) is 63.3 Å². The van der Waals surface area contributed by atoms with Gasteiger partial charge in [-0.3, -0.25) is 9.48 Å². The zero-order chi connectivity index (χ0) is 28.7. The number of nitrogens with one attached hydrogen (secondary N) is 1. The summed E-state index contributed by atoms with van der Waals surface area (Å²) in [5.41, 5.74) is 2.06. The van der Waals surface area contributed by atoms with Gasteiger partial charge in [-0.15, -0.1) is 0 Å². The first-order valence-electron chi connectivity index (χ1n) is 12.6. The smallest absolute Gasteiger partial charge is 0.267 e. The molecule has 1 fully saturated rings. The zero-order valence-electron chi connectivity index (χ0n) is 22.6. The summed E-state index contributed by atoms with van der Waals surface area (Å²) >= 11 is 0. The van der Waals surface area contributed by atoms with Crippen molar-refractivity contribution < 1.29 is 23.1 Å². The number of carbonyl (C=O) groups is 1. The molecule has 1 aliphatic rings. The van der Waals surface area contributed by atoms with Crippen molar-refractivity contribution in [1.29, 1.82) is 0 Å². The summed E-state index contributed by atoms with van der Waals surface area (Å²) < 4.78 is 35.8. The Bertz CT molecular complexity index is 1640. The molecule has 0 spiro atoms. The molecule has 4 aromatic rings. The largest absolute Gasteiger partial charge is 0.470 e. The van der Waals surface area contributed by atoms with Gasteiger partial charge in [0.2, 0.25) is 11.8 Å². The molecule has 0 bridgehead atoms. The van der Waals surface area contributed by atoms with Crippen LogP contribution < -0.4 is 9.46 Å². The van der Waals surface area contributed by atoms with E-state index in [2.05, 4.69) is 19.8 Å².